The third kappa shape index (κ3) is 2.96. The Balaban J connectivity index is 2.06. The van der Waals surface area contributed by atoms with Crippen LogP contribution >= 0.6 is 0 Å². The van der Waals surface area contributed by atoms with Crippen molar-refractivity contribution in [1.82, 2.24) is 0 Å². The maximum Gasteiger partial charge on any atom is 0.158 e. The van der Waals surface area contributed by atoms with Gasteiger partial charge in [-0.15, -0.1) is 0 Å². The topological polar surface area (TPSA) is 63.3 Å². The van der Waals surface area contributed by atoms with Gasteiger partial charge >= 0.3 is 0 Å². The molecule has 1 unspecified atom stereocenters. The van der Waals surface area contributed by atoms with Crippen molar-refractivity contribution in [2.45, 2.75) is 12.5 Å². The largest absolute Gasteiger partial charge is 0.508 e. The molecule has 0 spiro atoms. The predicted molar refractivity (Wildman–Crippen MR) is 70.2 cm³/mol. The first-order valence-corrected chi connectivity index (χ1v) is 5.78. The van der Waals surface area contributed by atoms with Crippen LogP contribution in [0.3, 0.4) is 0 Å². The summed E-state index contributed by atoms with van der Waals surface area (Å²) in [4.78, 5) is 12.0. The number of nitrogens with two attached hydrogens (primary N) is 1. The highest BCUT2D eigenvalue weighted by Crippen LogP contribution is 2.15. The standard InChI is InChI=1S/C15H15NO2/c16-15(12-4-2-1-3-5-12)14(18)10-11-6-8-13(17)9-7-11/h1-9,15,17H,10,16H2. The molecule has 0 aliphatic heterocycles. The fourth-order valence-electron chi connectivity index (χ4n) is 1.77. The van der Waals surface area contributed by atoms with Crippen molar-refractivity contribution in [2.75, 3.05) is 0 Å². The van der Waals surface area contributed by atoms with E-state index in [1.807, 2.05) is 30.3 Å². The molecule has 2 aromatic rings. The number of phenols is 1. The Hall–Kier alpha value is -2.13. The molecule has 0 aromatic heterocycles. The lowest BCUT2D eigenvalue weighted by atomic mass is 9.98. The lowest BCUT2D eigenvalue weighted by Crippen LogP contribution is -2.22. The zero-order valence-corrected chi connectivity index (χ0v) is 9.91. The number of rotatable bonds is 4. The van der Waals surface area contributed by atoms with Gasteiger partial charge in [-0.3, -0.25) is 4.79 Å². The monoisotopic (exact) mass is 241 g/mol. The molecule has 3 heteroatoms. The van der Waals surface area contributed by atoms with Gasteiger partial charge < -0.3 is 10.8 Å². The Bertz CT molecular complexity index is 520. The molecule has 3 N–H and O–H groups in total. The second kappa shape index (κ2) is 5.47. The number of ketones is 1. The number of hydrogen-bond acceptors (Lipinski definition) is 3. The third-order valence-electron chi connectivity index (χ3n) is 2.82. The van der Waals surface area contributed by atoms with Crippen molar-refractivity contribution >= 4 is 5.78 Å². The molecule has 0 aliphatic carbocycles. The molecule has 0 heterocycles. The van der Waals surface area contributed by atoms with E-state index in [9.17, 15) is 4.79 Å². The van der Waals surface area contributed by atoms with Crippen LogP contribution in [0.1, 0.15) is 17.2 Å². The van der Waals surface area contributed by atoms with Crippen LogP contribution in [0.25, 0.3) is 0 Å². The number of benzene rings is 2. The normalized spacial score (nSPS) is 12.1. The molecule has 92 valence electrons. The second-order valence-corrected chi connectivity index (χ2v) is 4.20. The van der Waals surface area contributed by atoms with E-state index in [-0.39, 0.29) is 18.0 Å². The Morgan fingerprint density at radius 3 is 2.28 bits per heavy atom. The summed E-state index contributed by atoms with van der Waals surface area (Å²) in [6.45, 7) is 0. The third-order valence-corrected chi connectivity index (χ3v) is 2.82. The minimum absolute atomic E-state index is 0.0353. The van der Waals surface area contributed by atoms with Gasteiger partial charge in [0, 0.05) is 6.42 Å². The van der Waals surface area contributed by atoms with Gasteiger partial charge in [0.05, 0.1) is 6.04 Å². The van der Waals surface area contributed by atoms with Gasteiger partial charge in [0.2, 0.25) is 0 Å². The van der Waals surface area contributed by atoms with E-state index >= 15 is 0 Å². The Labute approximate surface area is 106 Å². The molecule has 2 aromatic carbocycles. The molecule has 1 atom stereocenters. The number of hydrogen-bond donors (Lipinski definition) is 2. The quantitative estimate of drug-likeness (QED) is 0.862. The van der Waals surface area contributed by atoms with E-state index < -0.39 is 6.04 Å². The van der Waals surface area contributed by atoms with Gasteiger partial charge in [-0.05, 0) is 23.3 Å². The first kappa shape index (κ1) is 12.3. The van der Waals surface area contributed by atoms with Crippen molar-refractivity contribution in [3.8, 4) is 5.75 Å². The molecule has 3 nitrogen and oxygen atoms in total. The zero-order chi connectivity index (χ0) is 13.0. The van der Waals surface area contributed by atoms with Crippen LogP contribution in [0.15, 0.2) is 54.6 Å². The van der Waals surface area contributed by atoms with Gasteiger partial charge in [-0.1, -0.05) is 42.5 Å². The SMILES string of the molecule is NC(C(=O)Cc1ccc(O)cc1)c1ccccc1. The van der Waals surface area contributed by atoms with E-state index in [0.29, 0.717) is 0 Å². The van der Waals surface area contributed by atoms with E-state index in [1.54, 1.807) is 24.3 Å². The van der Waals surface area contributed by atoms with Gasteiger partial charge in [-0.2, -0.15) is 0 Å². The van der Waals surface area contributed by atoms with Gasteiger partial charge in [0.1, 0.15) is 5.75 Å². The van der Waals surface area contributed by atoms with Crippen LogP contribution in [-0.4, -0.2) is 10.9 Å². The van der Waals surface area contributed by atoms with Crippen molar-refractivity contribution < 1.29 is 9.90 Å². The molecule has 0 saturated carbocycles. The van der Waals surface area contributed by atoms with Gasteiger partial charge in [-0.25, -0.2) is 0 Å². The maximum atomic E-state index is 12.0. The highest BCUT2D eigenvalue weighted by Gasteiger charge is 2.15. The Morgan fingerprint density at radius 1 is 1.06 bits per heavy atom. The summed E-state index contributed by atoms with van der Waals surface area (Å²) in [6, 6.07) is 15.3. The lowest BCUT2D eigenvalue weighted by Gasteiger charge is -2.10. The fourth-order valence-corrected chi connectivity index (χ4v) is 1.77. The molecular formula is C15H15NO2. The number of aromatic hydroxyl groups is 1. The van der Waals surface area contributed by atoms with Crippen molar-refractivity contribution in [3.05, 3.63) is 65.7 Å². The molecule has 0 bridgehead atoms. The van der Waals surface area contributed by atoms with Crippen molar-refractivity contribution in [2.24, 2.45) is 5.73 Å². The van der Waals surface area contributed by atoms with Crippen molar-refractivity contribution in [3.63, 3.8) is 0 Å². The minimum Gasteiger partial charge on any atom is -0.508 e. The number of carbonyl (C=O) groups is 1. The summed E-state index contributed by atoms with van der Waals surface area (Å²) in [7, 11) is 0. The highest BCUT2D eigenvalue weighted by atomic mass is 16.3. The summed E-state index contributed by atoms with van der Waals surface area (Å²) in [5.41, 5.74) is 7.59. The van der Waals surface area contributed by atoms with E-state index in [0.717, 1.165) is 11.1 Å². The van der Waals surface area contributed by atoms with E-state index in [2.05, 4.69) is 0 Å². The number of phenolic OH excluding ortho intramolecular Hbond substituents is 1. The maximum absolute atomic E-state index is 12.0. The first-order chi connectivity index (χ1) is 8.66. The predicted octanol–water partition coefficient (Wildman–Crippen LogP) is 2.20. The number of Topliss-reactive ketones (excluding diaryl/α,β-unsaturated/α-hetero) is 1. The van der Waals surface area contributed by atoms with Crippen LogP contribution in [0.4, 0.5) is 0 Å². The molecular weight excluding hydrogens is 226 g/mol. The molecule has 0 saturated heterocycles. The molecule has 2 rings (SSSR count). The summed E-state index contributed by atoms with van der Waals surface area (Å²) >= 11 is 0. The summed E-state index contributed by atoms with van der Waals surface area (Å²) < 4.78 is 0. The first-order valence-electron chi connectivity index (χ1n) is 5.78. The average molecular weight is 241 g/mol. The van der Waals surface area contributed by atoms with Crippen LogP contribution in [0.2, 0.25) is 0 Å². The second-order valence-electron chi connectivity index (χ2n) is 4.20. The number of carbonyl (C=O) groups excluding carboxylic acids is 1. The van der Waals surface area contributed by atoms with Crippen LogP contribution in [0, 0.1) is 0 Å². The highest BCUT2D eigenvalue weighted by molar-refractivity contribution is 5.87. The average Bonchev–Trinajstić information content (AvgIpc) is 2.41. The summed E-state index contributed by atoms with van der Waals surface area (Å²) in [5, 5.41) is 9.17. The minimum atomic E-state index is -0.597. The van der Waals surface area contributed by atoms with E-state index in [4.69, 9.17) is 10.8 Å². The van der Waals surface area contributed by atoms with Crippen LogP contribution in [-0.2, 0) is 11.2 Å². The van der Waals surface area contributed by atoms with Gasteiger partial charge in [0.15, 0.2) is 5.78 Å². The Morgan fingerprint density at radius 2 is 1.67 bits per heavy atom. The molecule has 0 aliphatic rings. The van der Waals surface area contributed by atoms with E-state index in [1.165, 1.54) is 0 Å². The summed E-state index contributed by atoms with van der Waals surface area (Å²) in [6.07, 6.45) is 0.274. The fraction of sp³-hybridized carbons (Fsp3) is 0.133. The lowest BCUT2D eigenvalue weighted by molar-refractivity contribution is -0.119. The molecule has 0 amide bonds. The van der Waals surface area contributed by atoms with Crippen molar-refractivity contribution in [1.29, 1.82) is 0 Å². The zero-order valence-electron chi connectivity index (χ0n) is 9.91. The van der Waals surface area contributed by atoms with Gasteiger partial charge in [0.25, 0.3) is 0 Å². The molecule has 0 fully saturated rings. The van der Waals surface area contributed by atoms with Crippen LogP contribution < -0.4 is 5.73 Å². The molecule has 18 heavy (non-hydrogen) atoms. The molecule has 0 radical (unpaired) electrons. The van der Waals surface area contributed by atoms with Crippen LogP contribution in [0.5, 0.6) is 5.75 Å². The summed E-state index contributed by atoms with van der Waals surface area (Å²) in [5.74, 6) is 0.158. The smallest absolute Gasteiger partial charge is 0.158 e. The Kier molecular flexibility index (Phi) is 3.75.